The summed E-state index contributed by atoms with van der Waals surface area (Å²) in [4.78, 5) is 2.26. The molecular weight excluding hydrogens is 442 g/mol. The molecule has 0 spiro atoms. The van der Waals surface area contributed by atoms with E-state index in [-0.39, 0.29) is 12.6 Å². The van der Waals surface area contributed by atoms with Gasteiger partial charge in [0.25, 0.3) is 0 Å². The van der Waals surface area contributed by atoms with Crippen molar-refractivity contribution in [3.05, 3.63) is 72.8 Å². The predicted octanol–water partition coefficient (Wildman–Crippen LogP) is 5.05. The Hall–Kier alpha value is -3.13. The van der Waals surface area contributed by atoms with Crippen molar-refractivity contribution >= 4 is 0 Å². The highest BCUT2D eigenvalue weighted by atomic mass is 16.5. The Morgan fingerprint density at radius 3 is 2.43 bits per heavy atom. The second kappa shape index (κ2) is 13.1. The van der Waals surface area contributed by atoms with E-state index in [0.29, 0.717) is 31.3 Å². The van der Waals surface area contributed by atoms with E-state index in [1.165, 1.54) is 0 Å². The molecule has 0 aliphatic rings. The number of methoxy groups -OCH3 is 1. The molecule has 0 bridgehead atoms. The van der Waals surface area contributed by atoms with Gasteiger partial charge in [0.1, 0.15) is 17.2 Å². The lowest BCUT2D eigenvalue weighted by molar-refractivity contribution is 0.0156. The molecule has 2 aromatic carbocycles. The van der Waals surface area contributed by atoms with Crippen LogP contribution >= 0.6 is 0 Å². The van der Waals surface area contributed by atoms with Crippen LogP contribution in [0.15, 0.2) is 67.3 Å². The molecule has 1 heterocycles. The van der Waals surface area contributed by atoms with Crippen LogP contribution in [0.5, 0.6) is 17.4 Å². The number of aliphatic hydroxyl groups excluding tert-OH is 1. The molecule has 0 unspecified atom stereocenters. The van der Waals surface area contributed by atoms with E-state index in [4.69, 9.17) is 19.3 Å². The molecule has 3 rings (SSSR count). The number of hydrogen-bond acceptors (Lipinski definition) is 6. The molecule has 0 radical (unpaired) electrons. The zero-order valence-electron chi connectivity index (χ0n) is 21.2. The van der Waals surface area contributed by atoms with Crippen molar-refractivity contribution in [2.24, 2.45) is 7.05 Å². The lowest BCUT2D eigenvalue weighted by Gasteiger charge is -2.30. The third-order valence-electron chi connectivity index (χ3n) is 5.98. The third-order valence-corrected chi connectivity index (χ3v) is 5.98. The minimum atomic E-state index is -0.619. The maximum atomic E-state index is 10.6. The van der Waals surface area contributed by atoms with E-state index in [9.17, 15) is 5.11 Å². The Balaban J connectivity index is 1.96. The topological polar surface area (TPSA) is 69.0 Å². The first kappa shape index (κ1) is 26.5. The fourth-order valence-electron chi connectivity index (χ4n) is 3.88. The van der Waals surface area contributed by atoms with Gasteiger partial charge in [0, 0.05) is 31.7 Å². The van der Waals surface area contributed by atoms with Crippen molar-refractivity contribution in [1.29, 1.82) is 0 Å². The van der Waals surface area contributed by atoms with Crippen LogP contribution in [0.2, 0.25) is 0 Å². The van der Waals surface area contributed by atoms with E-state index in [2.05, 4.69) is 37.5 Å². The van der Waals surface area contributed by atoms with Crippen LogP contribution in [-0.2, 0) is 18.3 Å². The summed E-state index contributed by atoms with van der Waals surface area (Å²) < 4.78 is 18.9. The fraction of sp³-hybridized carbons (Fsp3) is 0.393. The van der Waals surface area contributed by atoms with Gasteiger partial charge in [-0.15, -0.1) is 6.58 Å². The Morgan fingerprint density at radius 1 is 1.11 bits per heavy atom. The summed E-state index contributed by atoms with van der Waals surface area (Å²) in [6.07, 6.45) is 2.01. The number of aryl methyl sites for hydroxylation is 1. The quantitative estimate of drug-likeness (QED) is 0.258. The van der Waals surface area contributed by atoms with Gasteiger partial charge in [-0.1, -0.05) is 43.3 Å². The molecule has 1 N–H and O–H groups in total. The van der Waals surface area contributed by atoms with Gasteiger partial charge in [0.05, 0.1) is 32.0 Å². The van der Waals surface area contributed by atoms with Crippen LogP contribution in [0.3, 0.4) is 0 Å². The number of rotatable bonds is 14. The minimum Gasteiger partial charge on any atom is -0.497 e. The van der Waals surface area contributed by atoms with Crippen LogP contribution in [-0.4, -0.2) is 58.8 Å². The zero-order valence-corrected chi connectivity index (χ0v) is 21.2. The molecule has 0 aliphatic heterocycles. The summed E-state index contributed by atoms with van der Waals surface area (Å²) in [5.74, 6) is 2.13. The number of hydrogen-bond donors (Lipinski definition) is 1. The zero-order chi connectivity index (χ0) is 25.2. The first-order chi connectivity index (χ1) is 17.0. The van der Waals surface area contributed by atoms with Crippen molar-refractivity contribution in [2.75, 3.05) is 26.9 Å². The highest BCUT2D eigenvalue weighted by molar-refractivity contribution is 5.65. The molecule has 7 nitrogen and oxygen atoms in total. The van der Waals surface area contributed by atoms with E-state index in [1.807, 2.05) is 49.5 Å². The molecule has 3 aromatic rings. The molecular formula is C28H37N3O4. The van der Waals surface area contributed by atoms with Gasteiger partial charge >= 0.3 is 0 Å². The van der Waals surface area contributed by atoms with E-state index in [0.717, 1.165) is 29.0 Å². The van der Waals surface area contributed by atoms with Crippen molar-refractivity contribution in [3.63, 3.8) is 0 Å². The SMILES string of the molecule is C=CCOC[C@H](O)CN(Cc1c(-c2ccccc2)nn(C)c1Oc1ccc(OC)cc1)[C@@H](C)CC. The number of aromatic nitrogens is 2. The molecule has 0 aliphatic carbocycles. The highest BCUT2D eigenvalue weighted by Crippen LogP contribution is 2.35. The maximum Gasteiger partial charge on any atom is 0.222 e. The van der Waals surface area contributed by atoms with Gasteiger partial charge in [-0.3, -0.25) is 4.90 Å². The number of ether oxygens (including phenoxy) is 3. The van der Waals surface area contributed by atoms with Gasteiger partial charge in [-0.2, -0.15) is 5.10 Å². The average molecular weight is 480 g/mol. The highest BCUT2D eigenvalue weighted by Gasteiger charge is 2.25. The fourth-order valence-corrected chi connectivity index (χ4v) is 3.88. The molecule has 0 saturated heterocycles. The number of aliphatic hydroxyl groups is 1. The Kier molecular flexibility index (Phi) is 9.90. The second-order valence-corrected chi connectivity index (χ2v) is 8.57. The molecule has 7 heteroatoms. The first-order valence-corrected chi connectivity index (χ1v) is 12.0. The van der Waals surface area contributed by atoms with Crippen LogP contribution in [0, 0.1) is 0 Å². The summed E-state index contributed by atoms with van der Waals surface area (Å²) in [6.45, 7) is 9.69. The molecule has 35 heavy (non-hydrogen) atoms. The normalized spacial score (nSPS) is 13.0. The molecule has 1 aromatic heterocycles. The van der Waals surface area contributed by atoms with E-state index < -0.39 is 6.10 Å². The van der Waals surface area contributed by atoms with Crippen LogP contribution in [0.25, 0.3) is 11.3 Å². The van der Waals surface area contributed by atoms with Gasteiger partial charge in [-0.05, 0) is 37.6 Å². The van der Waals surface area contributed by atoms with Gasteiger partial charge < -0.3 is 19.3 Å². The summed E-state index contributed by atoms with van der Waals surface area (Å²) in [5, 5.41) is 15.5. The summed E-state index contributed by atoms with van der Waals surface area (Å²) in [6, 6.07) is 17.8. The predicted molar refractivity (Wildman–Crippen MR) is 139 cm³/mol. The van der Waals surface area contributed by atoms with Crippen LogP contribution in [0.4, 0.5) is 0 Å². The number of nitrogens with zero attached hydrogens (tertiary/aromatic N) is 3. The standard InChI is InChI=1S/C28H37N3O4/c1-6-17-34-20-23(32)18-31(21(3)7-2)19-26-27(22-11-9-8-10-12-22)29-30(4)28(26)35-25-15-13-24(33-5)14-16-25/h6,8-16,21,23,32H,1,7,17-20H2,2-5H3/t21-,23+/m0/s1. The monoisotopic (exact) mass is 479 g/mol. The van der Waals surface area contributed by atoms with E-state index >= 15 is 0 Å². The van der Waals surface area contributed by atoms with Crippen molar-refractivity contribution in [2.45, 2.75) is 39.0 Å². The lowest BCUT2D eigenvalue weighted by Crippen LogP contribution is -2.40. The van der Waals surface area contributed by atoms with Gasteiger partial charge in [-0.25, -0.2) is 4.68 Å². The molecule has 0 fully saturated rings. The molecule has 188 valence electrons. The lowest BCUT2D eigenvalue weighted by atomic mass is 10.1. The summed E-state index contributed by atoms with van der Waals surface area (Å²) in [7, 11) is 3.53. The Morgan fingerprint density at radius 2 is 1.80 bits per heavy atom. The first-order valence-electron chi connectivity index (χ1n) is 12.0. The smallest absolute Gasteiger partial charge is 0.222 e. The average Bonchev–Trinajstić information content (AvgIpc) is 3.18. The molecule has 0 amide bonds. The second-order valence-electron chi connectivity index (χ2n) is 8.57. The van der Waals surface area contributed by atoms with E-state index in [1.54, 1.807) is 17.9 Å². The van der Waals surface area contributed by atoms with Crippen molar-refractivity contribution < 1.29 is 19.3 Å². The molecule has 2 atom stereocenters. The third kappa shape index (κ3) is 7.18. The van der Waals surface area contributed by atoms with Crippen molar-refractivity contribution in [3.8, 4) is 28.6 Å². The van der Waals surface area contributed by atoms with Crippen molar-refractivity contribution in [1.82, 2.24) is 14.7 Å². The minimum absolute atomic E-state index is 0.238. The Labute approximate surface area is 208 Å². The van der Waals surface area contributed by atoms with Crippen LogP contribution in [0.1, 0.15) is 25.8 Å². The number of benzene rings is 2. The largest absolute Gasteiger partial charge is 0.497 e. The molecule has 0 saturated carbocycles. The maximum absolute atomic E-state index is 10.6. The summed E-state index contributed by atoms with van der Waals surface area (Å²) in [5.41, 5.74) is 2.85. The Bertz CT molecular complexity index is 1050. The van der Waals surface area contributed by atoms with Crippen LogP contribution < -0.4 is 9.47 Å². The van der Waals surface area contributed by atoms with Gasteiger partial charge in [0.15, 0.2) is 0 Å². The van der Waals surface area contributed by atoms with Gasteiger partial charge in [0.2, 0.25) is 5.88 Å². The summed E-state index contributed by atoms with van der Waals surface area (Å²) >= 11 is 0.